The van der Waals surface area contributed by atoms with Crippen LogP contribution in [0.3, 0.4) is 0 Å². The van der Waals surface area contributed by atoms with Gasteiger partial charge in [0.15, 0.2) is 23.1 Å². The molecule has 0 aliphatic rings. The maximum absolute atomic E-state index is 12.4. The fourth-order valence-corrected chi connectivity index (χ4v) is 3.57. The summed E-state index contributed by atoms with van der Waals surface area (Å²) in [6.45, 7) is 0.389. The molecule has 0 saturated heterocycles. The summed E-state index contributed by atoms with van der Waals surface area (Å²) in [4.78, 5) is 12.4. The first-order valence-electron chi connectivity index (χ1n) is 8.58. The summed E-state index contributed by atoms with van der Waals surface area (Å²) in [7, 11) is 3.15. The molecule has 146 valence electrons. The highest BCUT2D eigenvalue weighted by Gasteiger charge is 2.19. The summed E-state index contributed by atoms with van der Waals surface area (Å²) >= 11 is 7.33. The second-order valence-electron chi connectivity index (χ2n) is 5.90. The molecule has 0 saturated carbocycles. The number of benzene rings is 2. The van der Waals surface area contributed by atoms with Gasteiger partial charge in [-0.05, 0) is 24.3 Å². The number of rotatable bonds is 9. The predicted molar refractivity (Wildman–Crippen MR) is 110 cm³/mol. The number of hydrogen-bond acceptors (Lipinski definition) is 6. The number of aromatic nitrogens is 3. The van der Waals surface area contributed by atoms with E-state index in [1.165, 1.54) is 11.8 Å². The van der Waals surface area contributed by atoms with Crippen LogP contribution in [0.4, 0.5) is 0 Å². The van der Waals surface area contributed by atoms with Gasteiger partial charge in [0.25, 0.3) is 0 Å². The van der Waals surface area contributed by atoms with E-state index in [2.05, 4.69) is 10.2 Å². The Labute approximate surface area is 172 Å². The van der Waals surface area contributed by atoms with Gasteiger partial charge in [-0.2, -0.15) is 0 Å². The Morgan fingerprint density at radius 1 is 1.07 bits per heavy atom. The Morgan fingerprint density at radius 2 is 1.75 bits per heavy atom. The molecule has 0 spiro atoms. The average Bonchev–Trinajstić information content (AvgIpc) is 3.13. The largest absolute Gasteiger partial charge is 0.354 e. The molecule has 28 heavy (non-hydrogen) atoms. The van der Waals surface area contributed by atoms with Gasteiger partial charge in [-0.25, -0.2) is 0 Å². The maximum Gasteiger partial charge on any atom is 0.192 e. The van der Waals surface area contributed by atoms with Crippen molar-refractivity contribution in [2.24, 2.45) is 0 Å². The van der Waals surface area contributed by atoms with E-state index in [-0.39, 0.29) is 11.5 Å². The normalized spacial score (nSPS) is 11.1. The van der Waals surface area contributed by atoms with Gasteiger partial charge in [0.1, 0.15) is 0 Å². The smallest absolute Gasteiger partial charge is 0.192 e. The Hall–Kier alpha value is -2.19. The lowest BCUT2D eigenvalue weighted by atomic mass is 10.2. The standard InChI is InChI=1S/C20H20ClN3O3S/c1-26-18(27-2)12-24-19(15-8-10-16(21)11-9-15)22-23-20(24)28-13-17(25)14-6-4-3-5-7-14/h3-11,18H,12-13H2,1-2H3. The first-order valence-corrected chi connectivity index (χ1v) is 9.94. The van der Waals surface area contributed by atoms with E-state index in [4.69, 9.17) is 21.1 Å². The summed E-state index contributed by atoms with van der Waals surface area (Å²) < 4.78 is 12.6. The van der Waals surface area contributed by atoms with E-state index in [1.54, 1.807) is 38.5 Å². The van der Waals surface area contributed by atoms with Gasteiger partial charge >= 0.3 is 0 Å². The molecule has 0 bridgehead atoms. The first-order chi connectivity index (χ1) is 13.6. The SMILES string of the molecule is COC(Cn1c(SCC(=O)c2ccccc2)nnc1-c1ccc(Cl)cc1)OC. The van der Waals surface area contributed by atoms with Crippen molar-refractivity contribution in [2.45, 2.75) is 18.0 Å². The highest BCUT2D eigenvalue weighted by atomic mass is 35.5. The van der Waals surface area contributed by atoms with Crippen molar-refractivity contribution in [1.82, 2.24) is 14.8 Å². The molecule has 0 aliphatic carbocycles. The summed E-state index contributed by atoms with van der Waals surface area (Å²) in [6.07, 6.45) is -0.466. The fourth-order valence-electron chi connectivity index (χ4n) is 2.60. The van der Waals surface area contributed by atoms with Crippen LogP contribution in [0.1, 0.15) is 10.4 Å². The van der Waals surface area contributed by atoms with Gasteiger partial charge in [0.2, 0.25) is 0 Å². The molecular weight excluding hydrogens is 398 g/mol. The van der Waals surface area contributed by atoms with Crippen molar-refractivity contribution < 1.29 is 14.3 Å². The molecule has 0 atom stereocenters. The zero-order valence-corrected chi connectivity index (χ0v) is 17.1. The number of halogens is 1. The fraction of sp³-hybridized carbons (Fsp3) is 0.250. The number of carbonyl (C=O) groups excluding carboxylic acids is 1. The Balaban J connectivity index is 1.85. The molecule has 0 amide bonds. The molecular formula is C20H20ClN3O3S. The van der Waals surface area contributed by atoms with Crippen LogP contribution in [-0.4, -0.2) is 46.8 Å². The van der Waals surface area contributed by atoms with Crippen LogP contribution in [0.5, 0.6) is 0 Å². The van der Waals surface area contributed by atoms with E-state index < -0.39 is 6.29 Å². The lowest BCUT2D eigenvalue weighted by Gasteiger charge is -2.17. The van der Waals surface area contributed by atoms with Gasteiger partial charge in [0, 0.05) is 30.4 Å². The molecule has 1 heterocycles. The summed E-state index contributed by atoms with van der Waals surface area (Å²) in [5.74, 6) is 0.946. The van der Waals surface area contributed by atoms with Crippen molar-refractivity contribution in [3.05, 3.63) is 65.2 Å². The van der Waals surface area contributed by atoms with Crippen molar-refractivity contribution in [3.8, 4) is 11.4 Å². The van der Waals surface area contributed by atoms with Crippen LogP contribution < -0.4 is 0 Å². The van der Waals surface area contributed by atoms with E-state index in [0.717, 1.165) is 5.56 Å². The zero-order chi connectivity index (χ0) is 19.9. The summed E-state index contributed by atoms with van der Waals surface area (Å²) in [6, 6.07) is 16.5. The predicted octanol–water partition coefficient (Wildman–Crippen LogP) is 4.19. The van der Waals surface area contributed by atoms with Crippen molar-refractivity contribution in [1.29, 1.82) is 0 Å². The Bertz CT molecular complexity index is 912. The molecule has 3 rings (SSSR count). The summed E-state index contributed by atoms with van der Waals surface area (Å²) in [5, 5.41) is 9.86. The number of ketones is 1. The van der Waals surface area contributed by atoms with E-state index in [0.29, 0.717) is 28.1 Å². The topological polar surface area (TPSA) is 66.2 Å². The van der Waals surface area contributed by atoms with Gasteiger partial charge in [-0.1, -0.05) is 53.7 Å². The van der Waals surface area contributed by atoms with Gasteiger partial charge in [0.05, 0.1) is 12.3 Å². The van der Waals surface area contributed by atoms with Crippen LogP contribution >= 0.6 is 23.4 Å². The molecule has 8 heteroatoms. The number of ether oxygens (including phenoxy) is 2. The number of methoxy groups -OCH3 is 2. The van der Waals surface area contributed by atoms with E-state index >= 15 is 0 Å². The zero-order valence-electron chi connectivity index (χ0n) is 15.5. The molecule has 0 N–H and O–H groups in total. The van der Waals surface area contributed by atoms with Gasteiger partial charge in [-0.15, -0.1) is 10.2 Å². The van der Waals surface area contributed by atoms with Gasteiger partial charge in [-0.3, -0.25) is 9.36 Å². The van der Waals surface area contributed by atoms with Crippen LogP contribution in [-0.2, 0) is 16.0 Å². The van der Waals surface area contributed by atoms with Crippen molar-refractivity contribution in [2.75, 3.05) is 20.0 Å². The van der Waals surface area contributed by atoms with Crippen LogP contribution in [0, 0.1) is 0 Å². The Morgan fingerprint density at radius 3 is 2.39 bits per heavy atom. The van der Waals surface area contributed by atoms with Crippen LogP contribution in [0.15, 0.2) is 59.8 Å². The maximum atomic E-state index is 12.4. The second kappa shape index (κ2) is 9.84. The first kappa shape index (κ1) is 20.5. The second-order valence-corrected chi connectivity index (χ2v) is 7.28. The molecule has 0 unspecified atom stereocenters. The van der Waals surface area contributed by atoms with Crippen LogP contribution in [0.2, 0.25) is 5.02 Å². The molecule has 0 aliphatic heterocycles. The van der Waals surface area contributed by atoms with E-state index in [9.17, 15) is 4.79 Å². The average molecular weight is 418 g/mol. The third kappa shape index (κ3) is 4.99. The highest BCUT2D eigenvalue weighted by molar-refractivity contribution is 7.99. The quantitative estimate of drug-likeness (QED) is 0.295. The third-order valence-corrected chi connectivity index (χ3v) is 5.32. The Kier molecular flexibility index (Phi) is 7.22. The molecule has 0 radical (unpaired) electrons. The molecule has 3 aromatic rings. The minimum Gasteiger partial charge on any atom is -0.354 e. The number of carbonyl (C=O) groups is 1. The van der Waals surface area contributed by atoms with Gasteiger partial charge < -0.3 is 9.47 Å². The number of Topliss-reactive ketones (excluding diaryl/α,β-unsaturated/α-hetero) is 1. The molecule has 0 fully saturated rings. The van der Waals surface area contributed by atoms with Crippen molar-refractivity contribution >= 4 is 29.1 Å². The highest BCUT2D eigenvalue weighted by Crippen LogP contribution is 2.26. The number of hydrogen-bond donors (Lipinski definition) is 0. The minimum atomic E-state index is -0.466. The lowest BCUT2D eigenvalue weighted by Crippen LogP contribution is -2.21. The number of thioether (sulfide) groups is 1. The number of nitrogens with zero attached hydrogens (tertiary/aromatic N) is 3. The molecule has 6 nitrogen and oxygen atoms in total. The third-order valence-electron chi connectivity index (χ3n) is 4.10. The summed E-state index contributed by atoms with van der Waals surface area (Å²) in [5.41, 5.74) is 1.54. The molecule has 1 aromatic heterocycles. The minimum absolute atomic E-state index is 0.0308. The van der Waals surface area contributed by atoms with E-state index in [1.807, 2.05) is 34.9 Å². The molecule has 2 aromatic carbocycles. The van der Waals surface area contributed by atoms with Crippen molar-refractivity contribution in [3.63, 3.8) is 0 Å². The monoisotopic (exact) mass is 417 g/mol. The lowest BCUT2D eigenvalue weighted by molar-refractivity contribution is -0.111. The van der Waals surface area contributed by atoms with Crippen LogP contribution in [0.25, 0.3) is 11.4 Å².